The second kappa shape index (κ2) is 15.8. The van der Waals surface area contributed by atoms with Crippen molar-refractivity contribution in [3.8, 4) is 67.5 Å². The molecular weight excluding hydrogens is 767 g/mol. The fraction of sp³-hybridized carbons (Fsp3) is 0.288. The molecule has 0 spiro atoms. The van der Waals surface area contributed by atoms with E-state index in [1.54, 1.807) is 18.3 Å². The molecule has 0 saturated heterocycles. The summed E-state index contributed by atoms with van der Waals surface area (Å²) in [6.45, 7) is 23.2. The Kier molecular flexibility index (Phi) is 8.85. The number of fused-ring (bicyclic) bond motifs is 1. The van der Waals surface area contributed by atoms with Crippen LogP contribution < -0.4 is 0 Å². The van der Waals surface area contributed by atoms with E-state index in [9.17, 15) is 5.11 Å². The fourth-order valence-electron chi connectivity index (χ4n) is 8.31. The van der Waals surface area contributed by atoms with Gasteiger partial charge in [0, 0.05) is 32.7 Å². The molecule has 0 bridgehead atoms. The van der Waals surface area contributed by atoms with E-state index in [2.05, 4.69) is 173 Å². The SMILES string of the molecule is [2H]c1c([2H])c(C([2H])([2H])[2H])c([2H])c([2H])c1-c1ccnc(-c2cc(-c3cccc4c3nc(-c3cc(C(C)(C)C)cc(C(C)(C)C)c3O)n4-c3ccc(-c4ccccc4)c(C(C)(C)C)c3)cc(C(C)(C)C)c2)c1. The van der Waals surface area contributed by atoms with Crippen LogP contribution >= 0.6 is 0 Å². The fourth-order valence-corrected chi connectivity index (χ4v) is 8.31. The Balaban J connectivity index is 1.42. The summed E-state index contributed by atoms with van der Waals surface area (Å²) in [5, 5.41) is 12.5. The van der Waals surface area contributed by atoms with E-state index in [1.165, 1.54) is 5.56 Å². The lowest BCUT2D eigenvalue weighted by Crippen LogP contribution is -2.17. The maximum atomic E-state index is 12.5. The molecule has 63 heavy (non-hydrogen) atoms. The maximum absolute atomic E-state index is 12.5. The van der Waals surface area contributed by atoms with Gasteiger partial charge in [-0.25, -0.2) is 4.98 Å². The number of aromatic hydroxyl groups is 1. The molecule has 2 heterocycles. The molecule has 4 nitrogen and oxygen atoms in total. The van der Waals surface area contributed by atoms with Gasteiger partial charge >= 0.3 is 0 Å². The van der Waals surface area contributed by atoms with Crippen LogP contribution in [0.2, 0.25) is 0 Å². The third-order valence-corrected chi connectivity index (χ3v) is 11.9. The van der Waals surface area contributed by atoms with Gasteiger partial charge in [-0.05, 0) is 122 Å². The maximum Gasteiger partial charge on any atom is 0.149 e. The number of aromatic nitrogens is 3. The summed E-state index contributed by atoms with van der Waals surface area (Å²) in [5.41, 5.74) is 11.1. The molecule has 8 aromatic rings. The number of rotatable bonds is 6. The molecule has 6 aromatic carbocycles. The smallest absolute Gasteiger partial charge is 0.149 e. The van der Waals surface area contributed by atoms with Crippen molar-refractivity contribution >= 4 is 11.0 Å². The van der Waals surface area contributed by atoms with Gasteiger partial charge in [0.15, 0.2) is 0 Å². The molecule has 0 atom stereocenters. The quantitative estimate of drug-likeness (QED) is 0.181. The Morgan fingerprint density at radius 1 is 0.524 bits per heavy atom. The van der Waals surface area contributed by atoms with Crippen LogP contribution in [0.25, 0.3) is 72.7 Å². The van der Waals surface area contributed by atoms with Crippen molar-refractivity contribution in [3.63, 3.8) is 0 Å². The van der Waals surface area contributed by atoms with Gasteiger partial charge in [-0.2, -0.15) is 0 Å². The van der Waals surface area contributed by atoms with Gasteiger partial charge in [0.05, 0.1) is 27.8 Å². The van der Waals surface area contributed by atoms with Crippen molar-refractivity contribution in [3.05, 3.63) is 167 Å². The second-order valence-corrected chi connectivity index (χ2v) is 20.9. The first-order valence-corrected chi connectivity index (χ1v) is 21.8. The third-order valence-electron chi connectivity index (χ3n) is 11.9. The molecule has 1 N–H and O–H groups in total. The van der Waals surface area contributed by atoms with Crippen LogP contribution in [0, 0.1) is 6.85 Å². The van der Waals surface area contributed by atoms with E-state index in [-0.39, 0.29) is 33.0 Å². The van der Waals surface area contributed by atoms with E-state index >= 15 is 0 Å². The zero-order chi connectivity index (χ0) is 51.2. The summed E-state index contributed by atoms with van der Waals surface area (Å²) in [7, 11) is 0. The molecular formula is C59H63N3O. The van der Waals surface area contributed by atoms with E-state index in [1.807, 2.05) is 12.1 Å². The number of pyridine rings is 1. The average Bonchev–Trinajstić information content (AvgIpc) is 3.66. The third kappa shape index (κ3) is 8.61. The lowest BCUT2D eigenvalue weighted by Gasteiger charge is -2.28. The molecule has 0 unspecified atom stereocenters. The minimum Gasteiger partial charge on any atom is -0.507 e. The van der Waals surface area contributed by atoms with Crippen molar-refractivity contribution in [1.29, 1.82) is 0 Å². The topological polar surface area (TPSA) is 50.9 Å². The van der Waals surface area contributed by atoms with Gasteiger partial charge < -0.3 is 5.11 Å². The number of phenols is 1. The highest BCUT2D eigenvalue weighted by Gasteiger charge is 2.30. The van der Waals surface area contributed by atoms with Crippen LogP contribution in [-0.4, -0.2) is 19.6 Å². The Hall–Kier alpha value is -6.26. The van der Waals surface area contributed by atoms with Gasteiger partial charge in [0.1, 0.15) is 11.6 Å². The van der Waals surface area contributed by atoms with Gasteiger partial charge in [0.2, 0.25) is 0 Å². The Morgan fingerprint density at radius 2 is 1.19 bits per heavy atom. The largest absolute Gasteiger partial charge is 0.507 e. The highest BCUT2D eigenvalue weighted by Crippen LogP contribution is 2.46. The molecule has 320 valence electrons. The molecule has 0 aliphatic carbocycles. The lowest BCUT2D eigenvalue weighted by atomic mass is 9.78. The summed E-state index contributed by atoms with van der Waals surface area (Å²) < 4.78 is 60.8. The van der Waals surface area contributed by atoms with Gasteiger partial charge in [0.25, 0.3) is 0 Å². The molecule has 0 aliphatic heterocycles. The number of hydrogen-bond acceptors (Lipinski definition) is 3. The summed E-state index contributed by atoms with van der Waals surface area (Å²) in [6, 6.07) is 35.1. The molecule has 0 fully saturated rings. The number of imidazole rings is 1. The standard InChI is InChI=1S/C59H63N3O/c1-37-22-24-38(25-23-37)40-28-29-60-51(33-40)42-30-41(31-43(32-42)56(2,3)4)47-20-17-21-52-53(47)61-55(48-34-44(57(5,6)7)35-50(54(48)63)59(11,12)13)62(52)45-26-27-46(39-18-15-14-16-19-39)49(36-45)58(8,9)10/h14-36,63H,1-13H3/i1D3,22D,23D,24D,25D. The zero-order valence-electron chi connectivity index (χ0n) is 45.8. The van der Waals surface area contributed by atoms with Crippen molar-refractivity contribution in [2.24, 2.45) is 0 Å². The molecule has 2 aromatic heterocycles. The van der Waals surface area contributed by atoms with Crippen LogP contribution in [0.5, 0.6) is 5.75 Å². The number of phenolic OH excluding ortho intramolecular Hbond substituents is 1. The van der Waals surface area contributed by atoms with Crippen LogP contribution in [0.3, 0.4) is 0 Å². The predicted octanol–water partition coefficient (Wildman–Crippen LogP) is 16.0. The van der Waals surface area contributed by atoms with E-state index in [0.717, 1.165) is 61.2 Å². The zero-order valence-corrected chi connectivity index (χ0v) is 38.8. The monoisotopic (exact) mass is 837 g/mol. The van der Waals surface area contributed by atoms with E-state index in [0.29, 0.717) is 22.6 Å². The molecule has 0 radical (unpaired) electrons. The van der Waals surface area contributed by atoms with E-state index in [4.69, 9.17) is 19.6 Å². The Bertz CT molecular complexity index is 3310. The summed E-state index contributed by atoms with van der Waals surface area (Å²) in [5.74, 6) is 0.795. The van der Waals surface area contributed by atoms with Crippen molar-refractivity contribution in [2.75, 3.05) is 0 Å². The van der Waals surface area contributed by atoms with Crippen LogP contribution in [0.1, 0.15) is 120 Å². The average molecular weight is 837 g/mol. The summed E-state index contributed by atoms with van der Waals surface area (Å²) in [4.78, 5) is 10.4. The first kappa shape index (κ1) is 35.2. The highest BCUT2D eigenvalue weighted by molar-refractivity contribution is 5.97. The van der Waals surface area contributed by atoms with Gasteiger partial charge in [-0.3, -0.25) is 9.55 Å². The minimum absolute atomic E-state index is 0.00139. The first-order valence-electron chi connectivity index (χ1n) is 25.3. The molecule has 0 amide bonds. The molecule has 8 rings (SSSR count). The Morgan fingerprint density at radius 3 is 1.84 bits per heavy atom. The highest BCUT2D eigenvalue weighted by atomic mass is 16.3. The lowest BCUT2D eigenvalue weighted by molar-refractivity contribution is 0.446. The molecule has 0 saturated carbocycles. The molecule has 0 aliphatic rings. The van der Waals surface area contributed by atoms with Gasteiger partial charge in [-0.15, -0.1) is 0 Å². The van der Waals surface area contributed by atoms with E-state index < -0.39 is 36.6 Å². The van der Waals surface area contributed by atoms with Gasteiger partial charge in [-0.1, -0.05) is 173 Å². The number of benzene rings is 6. The second-order valence-electron chi connectivity index (χ2n) is 20.9. The first-order chi connectivity index (χ1) is 32.5. The minimum atomic E-state index is -2.82. The number of hydrogen-bond donors (Lipinski definition) is 1. The van der Waals surface area contributed by atoms with Crippen LogP contribution in [-0.2, 0) is 21.7 Å². The van der Waals surface area contributed by atoms with Crippen LogP contribution in [0.4, 0.5) is 0 Å². The predicted molar refractivity (Wildman–Crippen MR) is 267 cm³/mol. The summed E-state index contributed by atoms with van der Waals surface area (Å²) >= 11 is 0. The number of para-hydroxylation sites is 1. The Labute approximate surface area is 385 Å². The van der Waals surface area contributed by atoms with Crippen LogP contribution in [0.15, 0.2) is 140 Å². The van der Waals surface area contributed by atoms with Crippen molar-refractivity contribution in [1.82, 2.24) is 14.5 Å². The van der Waals surface area contributed by atoms with Crippen molar-refractivity contribution < 1.29 is 14.7 Å². The van der Waals surface area contributed by atoms with Crippen molar-refractivity contribution in [2.45, 2.75) is 112 Å². The number of nitrogens with zero attached hydrogens (tertiary/aromatic N) is 3. The normalized spacial score (nSPS) is 14.4. The summed E-state index contributed by atoms with van der Waals surface area (Å²) in [6.07, 6.45) is 1.57. The molecule has 4 heteroatoms.